The van der Waals surface area contributed by atoms with Crippen molar-refractivity contribution in [2.75, 3.05) is 0 Å². The molecule has 2 aromatic rings. The zero-order chi connectivity index (χ0) is 14.7. The van der Waals surface area contributed by atoms with Gasteiger partial charge in [0.1, 0.15) is 6.54 Å². The summed E-state index contributed by atoms with van der Waals surface area (Å²) >= 11 is 0. The summed E-state index contributed by atoms with van der Waals surface area (Å²) in [5.74, 6) is -0.525. The van der Waals surface area contributed by atoms with Crippen molar-refractivity contribution in [3.8, 4) is 11.6 Å². The highest BCUT2D eigenvalue weighted by Crippen LogP contribution is 2.17. The summed E-state index contributed by atoms with van der Waals surface area (Å²) in [6.45, 7) is -0.146. The van der Waals surface area contributed by atoms with E-state index in [9.17, 15) is 9.59 Å². The first kappa shape index (κ1) is 13.5. The molecule has 2 heterocycles. The predicted molar refractivity (Wildman–Crippen MR) is 72.2 cm³/mol. The smallest absolute Gasteiger partial charge is 0.352 e. The lowest BCUT2D eigenvalue weighted by atomic mass is 10.2. The molecule has 21 heavy (non-hydrogen) atoms. The van der Waals surface area contributed by atoms with Crippen molar-refractivity contribution in [3.05, 3.63) is 29.0 Å². The first-order chi connectivity index (χ1) is 10.2. The van der Waals surface area contributed by atoms with Gasteiger partial charge in [0.15, 0.2) is 5.82 Å². The predicted octanol–water partition coefficient (Wildman–Crippen LogP) is 0.352. The summed E-state index contributed by atoms with van der Waals surface area (Å²) in [6.07, 6.45) is 7.29. The number of nitrogens with zero attached hydrogens (tertiary/aromatic N) is 4. The quantitative estimate of drug-likeness (QED) is 0.871. The molecule has 1 fully saturated rings. The van der Waals surface area contributed by atoms with E-state index in [-0.39, 0.29) is 30.1 Å². The lowest BCUT2D eigenvalue weighted by Gasteiger charge is -2.11. The molecule has 1 aliphatic carbocycles. The van der Waals surface area contributed by atoms with Crippen LogP contribution in [0.2, 0.25) is 0 Å². The molecule has 2 aromatic heterocycles. The van der Waals surface area contributed by atoms with Crippen LogP contribution in [0, 0.1) is 0 Å². The van der Waals surface area contributed by atoms with Gasteiger partial charge in [0.05, 0.1) is 0 Å². The Morgan fingerprint density at radius 3 is 2.76 bits per heavy atom. The van der Waals surface area contributed by atoms with Gasteiger partial charge in [-0.2, -0.15) is 0 Å². The van der Waals surface area contributed by atoms with Crippen molar-refractivity contribution in [3.63, 3.8) is 0 Å². The lowest BCUT2D eigenvalue weighted by molar-refractivity contribution is -0.122. The van der Waals surface area contributed by atoms with Crippen LogP contribution >= 0.6 is 0 Å². The van der Waals surface area contributed by atoms with E-state index in [1.165, 1.54) is 12.4 Å². The third-order valence-corrected chi connectivity index (χ3v) is 3.47. The summed E-state index contributed by atoms with van der Waals surface area (Å²) in [6, 6.07) is 1.85. The van der Waals surface area contributed by atoms with Gasteiger partial charge in [0.2, 0.25) is 11.7 Å². The Morgan fingerprint density at radius 2 is 2.05 bits per heavy atom. The van der Waals surface area contributed by atoms with Gasteiger partial charge in [-0.15, -0.1) is 0 Å². The Kier molecular flexibility index (Phi) is 3.76. The summed E-state index contributed by atoms with van der Waals surface area (Å²) in [4.78, 5) is 31.7. The molecule has 8 nitrogen and oxygen atoms in total. The Labute approximate surface area is 120 Å². The van der Waals surface area contributed by atoms with E-state index in [0.29, 0.717) is 0 Å². The highest BCUT2D eigenvalue weighted by atomic mass is 16.5. The van der Waals surface area contributed by atoms with Crippen LogP contribution in [0.1, 0.15) is 25.7 Å². The largest absolute Gasteiger partial charge is 0.442 e. The highest BCUT2D eigenvalue weighted by Gasteiger charge is 2.21. The first-order valence-corrected chi connectivity index (χ1v) is 6.87. The number of rotatable bonds is 4. The summed E-state index contributed by atoms with van der Waals surface area (Å²) < 4.78 is 5.76. The zero-order valence-electron chi connectivity index (χ0n) is 11.4. The Bertz CT molecular complexity index is 673. The first-order valence-electron chi connectivity index (χ1n) is 6.87. The Morgan fingerprint density at radius 1 is 1.33 bits per heavy atom. The molecule has 110 valence electrons. The maximum absolute atomic E-state index is 12.0. The van der Waals surface area contributed by atoms with E-state index in [0.717, 1.165) is 30.3 Å². The van der Waals surface area contributed by atoms with Crippen molar-refractivity contribution in [2.24, 2.45) is 0 Å². The van der Waals surface area contributed by atoms with E-state index >= 15 is 0 Å². The number of amides is 1. The molecule has 1 saturated carbocycles. The molecule has 8 heteroatoms. The molecule has 0 atom stereocenters. The van der Waals surface area contributed by atoms with Crippen molar-refractivity contribution >= 4 is 5.91 Å². The van der Waals surface area contributed by atoms with Crippen LogP contribution in [0.15, 0.2) is 27.8 Å². The third kappa shape index (κ3) is 2.99. The molecule has 0 aromatic carbocycles. The van der Waals surface area contributed by atoms with E-state index in [4.69, 9.17) is 0 Å². The van der Waals surface area contributed by atoms with Crippen molar-refractivity contribution < 1.29 is 9.32 Å². The van der Waals surface area contributed by atoms with Crippen molar-refractivity contribution in [1.82, 2.24) is 25.0 Å². The molecule has 1 aliphatic rings. The van der Waals surface area contributed by atoms with Crippen LogP contribution in [-0.4, -0.2) is 31.6 Å². The molecule has 1 N–H and O–H groups in total. The molecule has 0 saturated heterocycles. The fourth-order valence-corrected chi connectivity index (χ4v) is 2.47. The van der Waals surface area contributed by atoms with E-state index in [2.05, 4.69) is 25.0 Å². The van der Waals surface area contributed by atoms with Crippen LogP contribution in [0.4, 0.5) is 0 Å². The van der Waals surface area contributed by atoms with E-state index in [1.54, 1.807) is 6.07 Å². The number of carbonyl (C=O) groups is 1. The Balaban J connectivity index is 1.77. The molecular formula is C13H15N5O3. The van der Waals surface area contributed by atoms with Crippen molar-refractivity contribution in [2.45, 2.75) is 38.3 Å². The standard InChI is InChI=1S/C13H15N5O3/c19-10(16-9-4-1-2-5-9)8-18-12(17-21-13(18)20)11-14-6-3-7-15-11/h3,6-7,9H,1-2,4-5,8H2,(H,16,19). The molecule has 3 rings (SSSR count). The van der Waals surface area contributed by atoms with Crippen LogP contribution in [0.3, 0.4) is 0 Å². The van der Waals surface area contributed by atoms with Crippen LogP contribution in [0.5, 0.6) is 0 Å². The number of nitrogens with one attached hydrogen (secondary N) is 1. The summed E-state index contributed by atoms with van der Waals surface area (Å²) in [5.41, 5.74) is 0. The van der Waals surface area contributed by atoms with Gasteiger partial charge in [-0.3, -0.25) is 9.32 Å². The van der Waals surface area contributed by atoms with Crippen LogP contribution < -0.4 is 11.1 Å². The van der Waals surface area contributed by atoms with Crippen molar-refractivity contribution in [1.29, 1.82) is 0 Å². The third-order valence-electron chi connectivity index (χ3n) is 3.47. The van der Waals surface area contributed by atoms with E-state index < -0.39 is 5.76 Å². The number of hydrogen-bond acceptors (Lipinski definition) is 6. The molecule has 0 spiro atoms. The minimum Gasteiger partial charge on any atom is -0.352 e. The van der Waals surface area contributed by atoms with Gasteiger partial charge < -0.3 is 5.32 Å². The maximum atomic E-state index is 12.0. The number of carbonyl (C=O) groups excluding carboxylic acids is 1. The summed E-state index contributed by atoms with van der Waals surface area (Å²) in [5, 5.41) is 6.56. The molecule has 0 bridgehead atoms. The minimum absolute atomic E-state index is 0.146. The van der Waals surface area contributed by atoms with Gasteiger partial charge in [-0.05, 0) is 18.9 Å². The second-order valence-electron chi connectivity index (χ2n) is 4.98. The van der Waals surface area contributed by atoms with E-state index in [1.807, 2.05) is 0 Å². The SMILES string of the molecule is O=C(Cn1c(-c2ncccn2)noc1=O)NC1CCCC1. The molecule has 0 radical (unpaired) electrons. The second kappa shape index (κ2) is 5.86. The molecular weight excluding hydrogens is 274 g/mol. The van der Waals surface area contributed by atoms with Gasteiger partial charge in [-0.25, -0.2) is 19.3 Å². The number of hydrogen-bond donors (Lipinski definition) is 1. The normalized spacial score (nSPS) is 15.2. The average molecular weight is 289 g/mol. The lowest BCUT2D eigenvalue weighted by Crippen LogP contribution is -2.37. The van der Waals surface area contributed by atoms with Crippen LogP contribution in [-0.2, 0) is 11.3 Å². The molecule has 0 aliphatic heterocycles. The van der Waals surface area contributed by atoms with Crippen LogP contribution in [0.25, 0.3) is 11.6 Å². The average Bonchev–Trinajstić information content (AvgIpc) is 3.11. The summed E-state index contributed by atoms with van der Waals surface area (Å²) in [7, 11) is 0. The topological polar surface area (TPSA) is 103 Å². The fourth-order valence-electron chi connectivity index (χ4n) is 2.47. The Hall–Kier alpha value is -2.51. The number of aromatic nitrogens is 4. The second-order valence-corrected chi connectivity index (χ2v) is 4.98. The van der Waals surface area contributed by atoms with Gasteiger partial charge >= 0.3 is 5.76 Å². The van der Waals surface area contributed by atoms with Gasteiger partial charge in [0, 0.05) is 18.4 Å². The maximum Gasteiger partial charge on any atom is 0.442 e. The minimum atomic E-state index is -0.695. The highest BCUT2D eigenvalue weighted by molar-refractivity contribution is 5.76. The van der Waals surface area contributed by atoms with Gasteiger partial charge in [0.25, 0.3) is 0 Å². The monoisotopic (exact) mass is 289 g/mol. The molecule has 0 unspecified atom stereocenters. The van der Waals surface area contributed by atoms with Gasteiger partial charge in [-0.1, -0.05) is 18.0 Å². The molecule has 1 amide bonds. The zero-order valence-corrected chi connectivity index (χ0v) is 11.4. The fraction of sp³-hybridized carbons (Fsp3) is 0.462.